The van der Waals surface area contributed by atoms with Crippen LogP contribution in [0.1, 0.15) is 53.9 Å². The maximum absolute atomic E-state index is 3.64. The van der Waals surface area contributed by atoms with Crippen molar-refractivity contribution in [2.45, 2.75) is 37.6 Å². The van der Waals surface area contributed by atoms with Gasteiger partial charge in [-0.05, 0) is 54.5 Å². The van der Waals surface area contributed by atoms with Crippen LogP contribution in [0.15, 0.2) is 48.5 Å². The van der Waals surface area contributed by atoms with Gasteiger partial charge in [-0.2, -0.15) is 0 Å². The van der Waals surface area contributed by atoms with E-state index in [1.165, 1.54) is 47.9 Å². The minimum absolute atomic E-state index is 0.517. The molecular weight excluding hydrogens is 266 g/mol. The van der Waals surface area contributed by atoms with E-state index in [4.69, 9.17) is 0 Å². The molecule has 1 saturated carbocycles. The van der Waals surface area contributed by atoms with E-state index in [1.807, 2.05) is 0 Å². The summed E-state index contributed by atoms with van der Waals surface area (Å²) < 4.78 is 0. The summed E-state index contributed by atoms with van der Waals surface area (Å²) in [4.78, 5) is 0. The Balaban J connectivity index is 1.60. The summed E-state index contributed by atoms with van der Waals surface area (Å²) in [6.07, 6.45) is 9.75. The third-order valence-corrected chi connectivity index (χ3v) is 4.87. The number of benzene rings is 2. The highest BCUT2D eigenvalue weighted by molar-refractivity contribution is 5.76. The van der Waals surface area contributed by atoms with Crippen LogP contribution in [-0.2, 0) is 0 Å². The number of hydrogen-bond acceptors (Lipinski definition) is 1. The Kier molecular flexibility index (Phi) is 3.82. The molecule has 1 nitrogen and oxygen atoms in total. The highest BCUT2D eigenvalue weighted by Gasteiger charge is 2.22. The SMILES string of the molecule is C1=Cc2ccccc2C(CCCNC2CC2)c2ccccc21. The molecule has 2 aliphatic carbocycles. The molecule has 0 aliphatic heterocycles. The van der Waals surface area contributed by atoms with Crippen molar-refractivity contribution in [3.05, 3.63) is 70.8 Å². The summed E-state index contributed by atoms with van der Waals surface area (Å²) >= 11 is 0. The highest BCUT2D eigenvalue weighted by atomic mass is 14.9. The molecule has 2 aliphatic rings. The third-order valence-electron chi connectivity index (χ3n) is 4.87. The molecule has 0 radical (unpaired) electrons. The topological polar surface area (TPSA) is 12.0 Å². The molecule has 0 bridgehead atoms. The van der Waals surface area contributed by atoms with Gasteiger partial charge in [0.2, 0.25) is 0 Å². The van der Waals surface area contributed by atoms with Crippen LogP contribution in [0.25, 0.3) is 12.2 Å². The van der Waals surface area contributed by atoms with E-state index in [2.05, 4.69) is 66.0 Å². The molecule has 1 heteroatoms. The fourth-order valence-electron chi connectivity index (χ4n) is 3.52. The Morgan fingerprint density at radius 1 is 0.818 bits per heavy atom. The fraction of sp³-hybridized carbons (Fsp3) is 0.333. The van der Waals surface area contributed by atoms with Crippen molar-refractivity contribution in [3.63, 3.8) is 0 Å². The van der Waals surface area contributed by atoms with Crippen LogP contribution in [0.5, 0.6) is 0 Å². The number of nitrogens with one attached hydrogen (secondary N) is 1. The van der Waals surface area contributed by atoms with Crippen LogP contribution in [0, 0.1) is 0 Å². The van der Waals surface area contributed by atoms with Crippen molar-refractivity contribution >= 4 is 12.2 Å². The summed E-state index contributed by atoms with van der Waals surface area (Å²) in [5.41, 5.74) is 5.71. The molecule has 22 heavy (non-hydrogen) atoms. The normalized spacial score (nSPS) is 16.9. The van der Waals surface area contributed by atoms with Crippen LogP contribution >= 0.6 is 0 Å². The second kappa shape index (κ2) is 6.10. The second-order valence-electron chi connectivity index (χ2n) is 6.51. The zero-order valence-corrected chi connectivity index (χ0v) is 13.0. The van der Waals surface area contributed by atoms with Gasteiger partial charge < -0.3 is 5.32 Å². The van der Waals surface area contributed by atoms with E-state index >= 15 is 0 Å². The predicted octanol–water partition coefficient (Wildman–Crippen LogP) is 4.83. The van der Waals surface area contributed by atoms with Crippen LogP contribution < -0.4 is 5.32 Å². The minimum Gasteiger partial charge on any atom is -0.314 e. The molecule has 0 spiro atoms. The Hall–Kier alpha value is -1.86. The fourth-order valence-corrected chi connectivity index (χ4v) is 3.52. The van der Waals surface area contributed by atoms with Crippen molar-refractivity contribution < 1.29 is 0 Å². The lowest BCUT2D eigenvalue weighted by Gasteiger charge is -2.20. The van der Waals surface area contributed by atoms with E-state index in [1.54, 1.807) is 0 Å². The van der Waals surface area contributed by atoms with Crippen molar-refractivity contribution in [2.75, 3.05) is 6.54 Å². The van der Waals surface area contributed by atoms with E-state index in [0.29, 0.717) is 5.92 Å². The average Bonchev–Trinajstić information content (AvgIpc) is 3.39. The zero-order valence-electron chi connectivity index (χ0n) is 13.0. The van der Waals surface area contributed by atoms with Gasteiger partial charge in [-0.3, -0.25) is 0 Å². The lowest BCUT2D eigenvalue weighted by Crippen LogP contribution is -2.18. The Labute approximate surface area is 133 Å². The lowest BCUT2D eigenvalue weighted by molar-refractivity contribution is 0.591. The molecule has 0 saturated heterocycles. The summed E-state index contributed by atoms with van der Waals surface area (Å²) in [7, 11) is 0. The molecule has 0 atom stereocenters. The molecule has 0 unspecified atom stereocenters. The lowest BCUT2D eigenvalue weighted by atomic mass is 9.84. The smallest absolute Gasteiger partial charge is 0.0102 e. The monoisotopic (exact) mass is 289 g/mol. The van der Waals surface area contributed by atoms with Gasteiger partial charge in [0, 0.05) is 12.0 Å². The molecule has 1 N–H and O–H groups in total. The molecule has 0 aromatic heterocycles. The first kappa shape index (κ1) is 13.8. The maximum Gasteiger partial charge on any atom is 0.0102 e. The third kappa shape index (κ3) is 2.86. The zero-order chi connectivity index (χ0) is 14.8. The summed E-state index contributed by atoms with van der Waals surface area (Å²) in [5.74, 6) is 0.517. The largest absolute Gasteiger partial charge is 0.314 e. The summed E-state index contributed by atoms with van der Waals surface area (Å²) in [6, 6.07) is 18.6. The predicted molar refractivity (Wildman–Crippen MR) is 93.9 cm³/mol. The van der Waals surface area contributed by atoms with Crippen LogP contribution in [0.2, 0.25) is 0 Å². The van der Waals surface area contributed by atoms with Gasteiger partial charge in [0.25, 0.3) is 0 Å². The maximum atomic E-state index is 3.64. The van der Waals surface area contributed by atoms with Gasteiger partial charge in [-0.15, -0.1) is 0 Å². The van der Waals surface area contributed by atoms with Crippen molar-refractivity contribution in [2.24, 2.45) is 0 Å². The van der Waals surface area contributed by atoms with Gasteiger partial charge in [0.05, 0.1) is 0 Å². The first-order valence-corrected chi connectivity index (χ1v) is 8.51. The molecule has 0 amide bonds. The van der Waals surface area contributed by atoms with Crippen molar-refractivity contribution in [3.8, 4) is 0 Å². The molecule has 4 rings (SSSR count). The van der Waals surface area contributed by atoms with Gasteiger partial charge in [-0.1, -0.05) is 60.7 Å². The van der Waals surface area contributed by atoms with Crippen LogP contribution in [0.3, 0.4) is 0 Å². The van der Waals surface area contributed by atoms with E-state index in [0.717, 1.165) is 12.6 Å². The van der Waals surface area contributed by atoms with Crippen LogP contribution in [0.4, 0.5) is 0 Å². The standard InChI is InChI=1S/C21H23N/c1-3-8-19-16(6-1)11-12-17-7-2-4-9-20(17)21(19)10-5-15-22-18-13-14-18/h1-4,6-9,11-12,18,21-22H,5,10,13-15H2. The van der Waals surface area contributed by atoms with Gasteiger partial charge in [-0.25, -0.2) is 0 Å². The van der Waals surface area contributed by atoms with Gasteiger partial charge in [0.15, 0.2) is 0 Å². The minimum atomic E-state index is 0.517. The Morgan fingerprint density at radius 3 is 2.00 bits per heavy atom. The molecule has 0 heterocycles. The first-order valence-electron chi connectivity index (χ1n) is 8.51. The molecule has 1 fully saturated rings. The van der Waals surface area contributed by atoms with Gasteiger partial charge >= 0.3 is 0 Å². The molecular formula is C21H23N. The Morgan fingerprint density at radius 2 is 1.41 bits per heavy atom. The van der Waals surface area contributed by atoms with Gasteiger partial charge in [0.1, 0.15) is 0 Å². The Bertz CT molecular complexity index is 632. The number of hydrogen-bond donors (Lipinski definition) is 1. The van der Waals surface area contributed by atoms with Crippen molar-refractivity contribution in [1.82, 2.24) is 5.32 Å². The average molecular weight is 289 g/mol. The quantitative estimate of drug-likeness (QED) is 0.777. The van der Waals surface area contributed by atoms with Crippen molar-refractivity contribution in [1.29, 1.82) is 0 Å². The summed E-state index contributed by atoms with van der Waals surface area (Å²) in [6.45, 7) is 1.15. The second-order valence-corrected chi connectivity index (χ2v) is 6.51. The van der Waals surface area contributed by atoms with Crippen LogP contribution in [-0.4, -0.2) is 12.6 Å². The summed E-state index contributed by atoms with van der Waals surface area (Å²) in [5, 5.41) is 3.64. The highest BCUT2D eigenvalue weighted by Crippen LogP contribution is 2.37. The molecule has 2 aromatic carbocycles. The first-order chi connectivity index (χ1) is 10.9. The van der Waals surface area contributed by atoms with E-state index in [-0.39, 0.29) is 0 Å². The number of fused-ring (bicyclic) bond motifs is 2. The van der Waals surface area contributed by atoms with E-state index < -0.39 is 0 Å². The number of rotatable bonds is 5. The van der Waals surface area contributed by atoms with E-state index in [9.17, 15) is 0 Å². The molecule has 112 valence electrons. The molecule has 2 aromatic rings.